The molecule has 2 aliphatic rings. The number of aliphatic hydroxyl groups excluding tert-OH is 1. The summed E-state index contributed by atoms with van der Waals surface area (Å²) in [6.07, 6.45) is -2.81. The maximum atomic E-state index is 14.7. The number of carbonyl (C=O) groups excluding carboxylic acids is 3. The third-order valence-electron chi connectivity index (χ3n) is 7.79. The number of halogens is 2. The van der Waals surface area contributed by atoms with Crippen LogP contribution in [0.5, 0.6) is 17.2 Å². The predicted octanol–water partition coefficient (Wildman–Crippen LogP) is 3.05. The number of likely N-dealkylation sites (tertiary alicyclic amines) is 1. The second-order valence-electron chi connectivity index (χ2n) is 11.3. The maximum Gasteiger partial charge on any atom is 0.267 e. The number of aryl methyl sites for hydroxylation is 2. The van der Waals surface area contributed by atoms with Crippen LogP contribution < -0.4 is 24.8 Å². The highest BCUT2D eigenvalue weighted by Gasteiger charge is 2.51. The molecule has 3 aromatic rings. The summed E-state index contributed by atoms with van der Waals surface area (Å²) in [5.74, 6) is -4.26. The molecular formula is C33H35F2N3O7. The summed E-state index contributed by atoms with van der Waals surface area (Å²) in [6.45, 7) is 2.31. The first-order valence-electron chi connectivity index (χ1n) is 14.6. The van der Waals surface area contributed by atoms with Gasteiger partial charge in [0.2, 0.25) is 12.7 Å². The van der Waals surface area contributed by atoms with Crippen molar-refractivity contribution in [3.63, 3.8) is 0 Å². The van der Waals surface area contributed by atoms with Gasteiger partial charge in [-0.05, 0) is 54.7 Å². The lowest BCUT2D eigenvalue weighted by atomic mass is 9.99. The summed E-state index contributed by atoms with van der Waals surface area (Å²) in [5.41, 5.74) is 2.99. The number of fused-ring (bicyclic) bond motifs is 1. The minimum Gasteiger partial charge on any atom is -0.483 e. The maximum absolute atomic E-state index is 14.7. The molecule has 0 saturated carbocycles. The quantitative estimate of drug-likeness (QED) is 0.300. The molecule has 1 saturated heterocycles. The van der Waals surface area contributed by atoms with Crippen molar-refractivity contribution >= 4 is 17.7 Å². The average Bonchev–Trinajstić information content (AvgIpc) is 3.62. The Morgan fingerprint density at radius 2 is 1.71 bits per heavy atom. The van der Waals surface area contributed by atoms with Crippen molar-refractivity contribution in [2.75, 3.05) is 19.9 Å². The third kappa shape index (κ3) is 7.69. The normalized spacial score (nSPS) is 17.8. The van der Waals surface area contributed by atoms with Crippen molar-refractivity contribution in [3.8, 4) is 17.2 Å². The molecule has 2 heterocycles. The van der Waals surface area contributed by atoms with E-state index in [0.717, 1.165) is 11.1 Å². The highest BCUT2D eigenvalue weighted by molar-refractivity contribution is 5.91. The third-order valence-corrected chi connectivity index (χ3v) is 7.79. The lowest BCUT2D eigenvalue weighted by Crippen LogP contribution is -2.56. The zero-order valence-electron chi connectivity index (χ0n) is 24.9. The number of benzene rings is 3. The number of aliphatic hydroxyl groups is 1. The van der Waals surface area contributed by atoms with E-state index < -0.39 is 61.4 Å². The SMILES string of the molecule is Cc1cccc(C)c1OCC(=O)N[C@@H](Cc1ccccc1)[C@H](O)C(=O)N1CC(F)(F)C[C@H]1C(=O)NCc1ccc2c(c1)OCO2. The number of nitrogens with one attached hydrogen (secondary N) is 2. The molecule has 3 atom stereocenters. The molecule has 0 spiro atoms. The molecular weight excluding hydrogens is 588 g/mol. The van der Waals surface area contributed by atoms with Gasteiger partial charge in [-0.1, -0.05) is 54.6 Å². The number of para-hydroxylation sites is 1. The van der Waals surface area contributed by atoms with E-state index in [9.17, 15) is 28.3 Å². The first-order chi connectivity index (χ1) is 21.5. The molecule has 12 heteroatoms. The highest BCUT2D eigenvalue weighted by Crippen LogP contribution is 2.34. The van der Waals surface area contributed by atoms with E-state index in [1.807, 2.05) is 32.0 Å². The molecule has 238 valence electrons. The molecule has 0 bridgehead atoms. The van der Waals surface area contributed by atoms with Crippen molar-refractivity contribution in [1.29, 1.82) is 0 Å². The van der Waals surface area contributed by atoms with Gasteiger partial charge in [0.1, 0.15) is 11.8 Å². The Bertz CT molecular complexity index is 1530. The Balaban J connectivity index is 1.28. The van der Waals surface area contributed by atoms with Crippen molar-refractivity contribution in [3.05, 3.63) is 89.0 Å². The van der Waals surface area contributed by atoms with E-state index in [0.29, 0.717) is 33.3 Å². The van der Waals surface area contributed by atoms with Gasteiger partial charge in [0.25, 0.3) is 17.7 Å². The zero-order chi connectivity index (χ0) is 32.1. The number of rotatable bonds is 11. The molecule has 0 aliphatic carbocycles. The number of hydrogen-bond acceptors (Lipinski definition) is 7. The Morgan fingerprint density at radius 1 is 1.00 bits per heavy atom. The number of alkyl halides is 2. The van der Waals surface area contributed by atoms with Crippen molar-refractivity contribution in [2.45, 2.75) is 57.3 Å². The molecule has 0 aromatic heterocycles. The Hall–Kier alpha value is -4.71. The van der Waals surface area contributed by atoms with Gasteiger partial charge >= 0.3 is 0 Å². The minimum absolute atomic E-state index is 0.00478. The van der Waals surface area contributed by atoms with Gasteiger partial charge in [0, 0.05) is 13.0 Å². The molecule has 2 aliphatic heterocycles. The van der Waals surface area contributed by atoms with Gasteiger partial charge in [-0.15, -0.1) is 0 Å². The number of hydrogen-bond donors (Lipinski definition) is 3. The molecule has 0 radical (unpaired) electrons. The molecule has 3 N–H and O–H groups in total. The van der Waals surface area contributed by atoms with Crippen molar-refractivity contribution in [2.24, 2.45) is 0 Å². The lowest BCUT2D eigenvalue weighted by molar-refractivity contribution is -0.147. The Kier molecular flexibility index (Phi) is 9.52. The summed E-state index contributed by atoms with van der Waals surface area (Å²) in [6, 6.07) is 16.7. The smallest absolute Gasteiger partial charge is 0.267 e. The fourth-order valence-electron chi connectivity index (χ4n) is 5.51. The van der Waals surface area contributed by atoms with E-state index >= 15 is 0 Å². The van der Waals surface area contributed by atoms with Crippen LogP contribution in [0, 0.1) is 13.8 Å². The first-order valence-corrected chi connectivity index (χ1v) is 14.6. The first kappa shape index (κ1) is 31.7. The molecule has 45 heavy (non-hydrogen) atoms. The van der Waals surface area contributed by atoms with Crippen LogP contribution in [0.4, 0.5) is 8.78 Å². The summed E-state index contributed by atoms with van der Waals surface area (Å²) in [4.78, 5) is 40.4. The summed E-state index contributed by atoms with van der Waals surface area (Å²) in [5, 5.41) is 16.5. The monoisotopic (exact) mass is 623 g/mol. The Labute approximate surface area is 259 Å². The topological polar surface area (TPSA) is 126 Å². The van der Waals surface area contributed by atoms with Crippen molar-refractivity contribution < 1.29 is 42.5 Å². The van der Waals surface area contributed by atoms with Gasteiger partial charge < -0.3 is 34.9 Å². The van der Waals surface area contributed by atoms with Crippen LogP contribution in [0.15, 0.2) is 66.7 Å². The number of amides is 3. The molecule has 3 aromatic carbocycles. The summed E-state index contributed by atoms with van der Waals surface area (Å²) >= 11 is 0. The van der Waals surface area contributed by atoms with Crippen LogP contribution in [0.3, 0.4) is 0 Å². The van der Waals surface area contributed by atoms with Gasteiger partial charge in [-0.2, -0.15) is 0 Å². The van der Waals surface area contributed by atoms with E-state index in [1.165, 1.54) is 0 Å². The second kappa shape index (κ2) is 13.5. The molecule has 0 unspecified atom stereocenters. The second-order valence-corrected chi connectivity index (χ2v) is 11.3. The average molecular weight is 624 g/mol. The fourth-order valence-corrected chi connectivity index (χ4v) is 5.51. The van der Waals surface area contributed by atoms with Crippen molar-refractivity contribution in [1.82, 2.24) is 15.5 Å². The molecule has 5 rings (SSSR count). The van der Waals surface area contributed by atoms with Crippen LogP contribution in [-0.4, -0.2) is 71.8 Å². The minimum atomic E-state index is -3.35. The van der Waals surface area contributed by atoms with Gasteiger partial charge in [0.15, 0.2) is 24.2 Å². The van der Waals surface area contributed by atoms with Crippen LogP contribution in [-0.2, 0) is 27.3 Å². The van der Waals surface area contributed by atoms with Crippen LogP contribution in [0.25, 0.3) is 0 Å². The number of ether oxygens (including phenoxy) is 3. The zero-order valence-corrected chi connectivity index (χ0v) is 24.9. The Morgan fingerprint density at radius 3 is 2.44 bits per heavy atom. The highest BCUT2D eigenvalue weighted by atomic mass is 19.3. The number of carbonyl (C=O) groups is 3. The van der Waals surface area contributed by atoms with Crippen LogP contribution in [0.2, 0.25) is 0 Å². The van der Waals surface area contributed by atoms with Gasteiger partial charge in [-0.3, -0.25) is 14.4 Å². The molecule has 1 fully saturated rings. The van der Waals surface area contributed by atoms with E-state index in [2.05, 4.69) is 10.6 Å². The molecule has 3 amide bonds. The predicted molar refractivity (Wildman–Crippen MR) is 159 cm³/mol. The lowest BCUT2D eigenvalue weighted by Gasteiger charge is -2.30. The number of nitrogens with zero attached hydrogens (tertiary/aromatic N) is 1. The van der Waals surface area contributed by atoms with E-state index in [1.54, 1.807) is 48.5 Å². The van der Waals surface area contributed by atoms with Gasteiger partial charge in [0.05, 0.1) is 12.6 Å². The standard InChI is InChI=1S/C33H35F2N3O7/c1-20-7-6-8-21(2)30(20)43-17-28(39)37-24(13-22-9-4-3-5-10-22)29(40)32(42)38-18-33(34,35)15-25(38)31(41)36-16-23-11-12-26-27(14-23)45-19-44-26/h3-12,14,24-25,29,40H,13,15-19H2,1-2H3,(H,36,41)(H,37,39)/t24-,25-,29-/m0/s1. The van der Waals surface area contributed by atoms with Crippen LogP contribution in [0.1, 0.15) is 28.7 Å². The van der Waals surface area contributed by atoms with E-state index in [4.69, 9.17) is 14.2 Å². The summed E-state index contributed by atoms with van der Waals surface area (Å²) in [7, 11) is 0. The van der Waals surface area contributed by atoms with Gasteiger partial charge in [-0.25, -0.2) is 8.78 Å². The van der Waals surface area contributed by atoms with E-state index in [-0.39, 0.29) is 19.8 Å². The summed E-state index contributed by atoms with van der Waals surface area (Å²) < 4.78 is 45.6. The fraction of sp³-hybridized carbons (Fsp3) is 0.364. The molecule has 10 nitrogen and oxygen atoms in total. The largest absolute Gasteiger partial charge is 0.483 e. The van der Waals surface area contributed by atoms with Crippen LogP contribution >= 0.6 is 0 Å².